The molecule has 0 aliphatic carbocycles. The molecule has 4 atom stereocenters. The van der Waals surface area contributed by atoms with Crippen molar-refractivity contribution >= 4 is 11.2 Å². The van der Waals surface area contributed by atoms with Crippen LogP contribution < -0.4 is 4.74 Å². The zero-order chi connectivity index (χ0) is 14.3. The predicted molar refractivity (Wildman–Crippen MR) is 64.9 cm³/mol. The summed E-state index contributed by atoms with van der Waals surface area (Å²) in [5.74, 6) is 0.402. The lowest BCUT2D eigenvalue weighted by Crippen LogP contribution is -2.49. The smallest absolute Gasteiger partial charge is 0.243 e. The van der Waals surface area contributed by atoms with Crippen LogP contribution in [0.5, 0.6) is 5.88 Å². The van der Waals surface area contributed by atoms with E-state index >= 15 is 0 Å². The number of aromatic nitrogens is 4. The number of imidazole rings is 1. The van der Waals surface area contributed by atoms with Crippen molar-refractivity contribution in [1.29, 1.82) is 0 Å². The quantitative estimate of drug-likeness (QED) is 0.524. The summed E-state index contributed by atoms with van der Waals surface area (Å²) >= 11 is 0. The average Bonchev–Trinajstić information content (AvgIpc) is 2.92. The number of aliphatic hydroxyl groups is 3. The molecule has 1 saturated heterocycles. The Morgan fingerprint density at radius 1 is 1.30 bits per heavy atom. The van der Waals surface area contributed by atoms with Crippen molar-refractivity contribution in [3.63, 3.8) is 0 Å². The molecule has 9 nitrogen and oxygen atoms in total. The molecule has 0 bridgehead atoms. The lowest BCUT2D eigenvalue weighted by molar-refractivity contribution is -0.191. The third-order valence-electron chi connectivity index (χ3n) is 3.22. The second kappa shape index (κ2) is 4.94. The summed E-state index contributed by atoms with van der Waals surface area (Å²) in [6.07, 6.45) is -3.30. The molecule has 3 heterocycles. The van der Waals surface area contributed by atoms with Gasteiger partial charge in [-0.15, -0.1) is 0 Å². The Bertz CT molecular complexity index is 618. The van der Waals surface area contributed by atoms with Gasteiger partial charge in [0.1, 0.15) is 29.9 Å². The van der Waals surface area contributed by atoms with Gasteiger partial charge in [-0.1, -0.05) is 0 Å². The maximum Gasteiger partial charge on any atom is 0.243 e. The summed E-state index contributed by atoms with van der Waals surface area (Å²) in [5.41, 5.74) is 0.894. The number of H-pyrrole nitrogens is 1. The van der Waals surface area contributed by atoms with Gasteiger partial charge in [0, 0.05) is 0 Å². The first-order valence-electron chi connectivity index (χ1n) is 6.02. The number of ether oxygens (including phenoxy) is 2. The van der Waals surface area contributed by atoms with E-state index in [1.807, 2.05) is 0 Å². The SMILES string of the molecule is COc1nc(C2OC[C@@H](O)[C@@H](O)[C@@H]2O)nc2nc[nH]c12. The van der Waals surface area contributed by atoms with Gasteiger partial charge in [-0.3, -0.25) is 0 Å². The minimum atomic E-state index is -1.33. The lowest BCUT2D eigenvalue weighted by Gasteiger charge is -2.34. The molecule has 0 saturated carbocycles. The Balaban J connectivity index is 2.01. The Morgan fingerprint density at radius 3 is 2.85 bits per heavy atom. The fourth-order valence-corrected chi connectivity index (χ4v) is 2.13. The van der Waals surface area contributed by atoms with E-state index in [-0.39, 0.29) is 18.3 Å². The molecular formula is C11H14N4O5. The van der Waals surface area contributed by atoms with Gasteiger partial charge in [-0.25, -0.2) is 9.97 Å². The van der Waals surface area contributed by atoms with E-state index in [0.29, 0.717) is 11.2 Å². The molecule has 4 N–H and O–H groups in total. The highest BCUT2D eigenvalue weighted by Gasteiger charge is 2.40. The normalized spacial score (nSPS) is 30.6. The van der Waals surface area contributed by atoms with Gasteiger partial charge in [0.2, 0.25) is 5.88 Å². The molecule has 3 rings (SSSR count). The van der Waals surface area contributed by atoms with Crippen LogP contribution >= 0.6 is 0 Å². The largest absolute Gasteiger partial charge is 0.479 e. The van der Waals surface area contributed by atoms with Crippen molar-refractivity contribution in [3.8, 4) is 5.88 Å². The molecule has 1 aliphatic heterocycles. The van der Waals surface area contributed by atoms with Gasteiger partial charge in [0.05, 0.1) is 20.0 Å². The molecule has 1 aliphatic rings. The van der Waals surface area contributed by atoms with E-state index in [4.69, 9.17) is 9.47 Å². The first kappa shape index (κ1) is 13.2. The Kier molecular flexibility index (Phi) is 3.26. The van der Waals surface area contributed by atoms with E-state index in [1.54, 1.807) is 0 Å². The highest BCUT2D eigenvalue weighted by molar-refractivity contribution is 5.75. The first-order valence-corrected chi connectivity index (χ1v) is 6.02. The van der Waals surface area contributed by atoms with Gasteiger partial charge < -0.3 is 29.8 Å². The number of aliphatic hydroxyl groups excluding tert-OH is 3. The van der Waals surface area contributed by atoms with Crippen molar-refractivity contribution in [2.75, 3.05) is 13.7 Å². The number of rotatable bonds is 2. The Morgan fingerprint density at radius 2 is 2.10 bits per heavy atom. The second-order valence-corrected chi connectivity index (χ2v) is 4.49. The summed E-state index contributed by atoms with van der Waals surface area (Å²) in [7, 11) is 1.45. The molecule has 9 heteroatoms. The van der Waals surface area contributed by atoms with Crippen molar-refractivity contribution in [3.05, 3.63) is 12.2 Å². The minimum Gasteiger partial charge on any atom is -0.479 e. The summed E-state index contributed by atoms with van der Waals surface area (Å²) in [6, 6.07) is 0. The molecule has 0 aromatic carbocycles. The number of methoxy groups -OCH3 is 1. The first-order chi connectivity index (χ1) is 9.61. The number of fused-ring (bicyclic) bond motifs is 1. The molecule has 1 fully saturated rings. The van der Waals surface area contributed by atoms with E-state index < -0.39 is 24.4 Å². The van der Waals surface area contributed by atoms with Crippen LogP contribution in [0.15, 0.2) is 6.33 Å². The van der Waals surface area contributed by atoms with Crippen LogP contribution in [0.25, 0.3) is 11.2 Å². The second-order valence-electron chi connectivity index (χ2n) is 4.49. The molecule has 0 spiro atoms. The fourth-order valence-electron chi connectivity index (χ4n) is 2.13. The Labute approximate surface area is 113 Å². The lowest BCUT2D eigenvalue weighted by atomic mass is 9.99. The highest BCUT2D eigenvalue weighted by atomic mass is 16.5. The predicted octanol–water partition coefficient (Wildman–Crippen LogP) is -1.48. The van der Waals surface area contributed by atoms with Gasteiger partial charge in [-0.2, -0.15) is 4.98 Å². The molecule has 1 unspecified atom stereocenters. The summed E-state index contributed by atoms with van der Waals surface area (Å²) < 4.78 is 10.4. The van der Waals surface area contributed by atoms with Crippen LogP contribution in [0.2, 0.25) is 0 Å². The fraction of sp³-hybridized carbons (Fsp3) is 0.545. The summed E-state index contributed by atoms with van der Waals surface area (Å²) in [6.45, 7) is -0.118. The standard InChI is InChI=1S/C11H14N4O5/c1-19-11-5-9(13-3-12-5)14-10(15-11)8-7(18)6(17)4(16)2-20-8/h3-4,6-8,16-18H,2H2,1H3,(H,12,13,14,15)/t4-,6-,7+,8?/m1/s1. The third-order valence-corrected chi connectivity index (χ3v) is 3.22. The van der Waals surface area contributed by atoms with Crippen molar-refractivity contribution in [2.45, 2.75) is 24.4 Å². The number of hydrogen-bond acceptors (Lipinski definition) is 8. The number of aromatic amines is 1. The maximum absolute atomic E-state index is 9.96. The van der Waals surface area contributed by atoms with Gasteiger partial charge in [0.15, 0.2) is 11.5 Å². The Hall–Kier alpha value is -1.81. The highest BCUT2D eigenvalue weighted by Crippen LogP contribution is 2.29. The summed E-state index contributed by atoms with van der Waals surface area (Å²) in [4.78, 5) is 15.2. The molecule has 0 radical (unpaired) electrons. The van der Waals surface area contributed by atoms with Crippen LogP contribution in [0.1, 0.15) is 11.9 Å². The van der Waals surface area contributed by atoms with E-state index in [9.17, 15) is 15.3 Å². The van der Waals surface area contributed by atoms with Crippen LogP contribution in [0.3, 0.4) is 0 Å². The molecule has 108 valence electrons. The average molecular weight is 282 g/mol. The van der Waals surface area contributed by atoms with Gasteiger partial charge in [-0.05, 0) is 0 Å². The topological polar surface area (TPSA) is 134 Å². The number of nitrogens with zero attached hydrogens (tertiary/aromatic N) is 3. The molecule has 2 aromatic heterocycles. The van der Waals surface area contributed by atoms with Gasteiger partial charge >= 0.3 is 0 Å². The molecule has 20 heavy (non-hydrogen) atoms. The van der Waals surface area contributed by atoms with Crippen molar-refractivity contribution in [1.82, 2.24) is 19.9 Å². The molecule has 0 amide bonds. The molecule has 2 aromatic rings. The maximum atomic E-state index is 9.96. The van der Waals surface area contributed by atoms with Crippen LogP contribution in [-0.2, 0) is 4.74 Å². The van der Waals surface area contributed by atoms with Crippen LogP contribution in [-0.4, -0.2) is 67.3 Å². The number of nitrogens with one attached hydrogen (secondary N) is 1. The minimum absolute atomic E-state index is 0.118. The van der Waals surface area contributed by atoms with E-state index in [1.165, 1.54) is 13.4 Å². The summed E-state index contributed by atoms with van der Waals surface area (Å²) in [5, 5.41) is 29.1. The molecular weight excluding hydrogens is 268 g/mol. The van der Waals surface area contributed by atoms with Crippen LogP contribution in [0, 0.1) is 0 Å². The number of hydrogen-bond donors (Lipinski definition) is 4. The van der Waals surface area contributed by atoms with Gasteiger partial charge in [0.25, 0.3) is 0 Å². The van der Waals surface area contributed by atoms with Crippen molar-refractivity contribution in [2.24, 2.45) is 0 Å². The van der Waals surface area contributed by atoms with E-state index in [2.05, 4.69) is 19.9 Å². The van der Waals surface area contributed by atoms with E-state index in [0.717, 1.165) is 0 Å². The van der Waals surface area contributed by atoms with Crippen molar-refractivity contribution < 1.29 is 24.8 Å². The third kappa shape index (κ3) is 2.00. The zero-order valence-electron chi connectivity index (χ0n) is 10.6. The van der Waals surface area contributed by atoms with Crippen LogP contribution in [0.4, 0.5) is 0 Å². The monoisotopic (exact) mass is 282 g/mol. The zero-order valence-corrected chi connectivity index (χ0v) is 10.6.